The van der Waals surface area contributed by atoms with Gasteiger partial charge in [0.1, 0.15) is 0 Å². The zero-order chi connectivity index (χ0) is 13.1. The molecule has 0 saturated carbocycles. The monoisotopic (exact) mass is 310 g/mol. The molecule has 4 nitrogen and oxygen atoms in total. The lowest BCUT2D eigenvalue weighted by atomic mass is 10.0. The summed E-state index contributed by atoms with van der Waals surface area (Å²) in [6, 6.07) is 7.70. The van der Waals surface area contributed by atoms with Crippen molar-refractivity contribution in [2.45, 2.75) is 32.3 Å². The molecule has 1 heterocycles. The van der Waals surface area contributed by atoms with Crippen LogP contribution in [0.1, 0.15) is 32.1 Å². The van der Waals surface area contributed by atoms with Crippen molar-refractivity contribution in [3.05, 3.63) is 34.6 Å². The maximum absolute atomic E-state index is 9.66. The van der Waals surface area contributed by atoms with E-state index in [0.717, 1.165) is 16.5 Å². The maximum Gasteiger partial charge on any atom is 0.232 e. The highest BCUT2D eigenvalue weighted by atomic mass is 79.9. The predicted octanol–water partition coefficient (Wildman–Crippen LogP) is 3.37. The second kappa shape index (κ2) is 5.63. The molecule has 2 rings (SSSR count). The van der Waals surface area contributed by atoms with Gasteiger partial charge in [0.25, 0.3) is 0 Å². The summed E-state index contributed by atoms with van der Waals surface area (Å²) in [6.45, 7) is 3.72. The number of rotatable bonds is 4. The fourth-order valence-electron chi connectivity index (χ4n) is 1.86. The number of aliphatic hydroxyl groups is 1. The van der Waals surface area contributed by atoms with Crippen molar-refractivity contribution in [3.8, 4) is 11.4 Å². The Hall–Kier alpha value is -1.20. The number of halogens is 1. The van der Waals surface area contributed by atoms with Crippen molar-refractivity contribution >= 4 is 15.9 Å². The molecule has 1 N–H and O–H groups in total. The molecule has 0 saturated heterocycles. The van der Waals surface area contributed by atoms with Gasteiger partial charge in [0.05, 0.1) is 12.0 Å². The maximum atomic E-state index is 9.66. The molecule has 5 heteroatoms. The number of benzene rings is 1. The molecule has 96 valence electrons. The molecule has 1 aromatic carbocycles. The van der Waals surface area contributed by atoms with E-state index in [1.807, 2.05) is 31.2 Å². The van der Waals surface area contributed by atoms with E-state index in [4.69, 9.17) is 4.52 Å². The number of aliphatic hydroxyl groups excluding tert-OH is 1. The van der Waals surface area contributed by atoms with Crippen molar-refractivity contribution in [2.24, 2.45) is 0 Å². The molecule has 0 aliphatic carbocycles. The van der Waals surface area contributed by atoms with Crippen LogP contribution < -0.4 is 0 Å². The molecule has 0 aliphatic heterocycles. The van der Waals surface area contributed by atoms with Gasteiger partial charge in [-0.15, -0.1) is 0 Å². The quantitative estimate of drug-likeness (QED) is 0.940. The van der Waals surface area contributed by atoms with Crippen LogP contribution in [0.4, 0.5) is 0 Å². The number of hydrogen-bond donors (Lipinski definition) is 1. The van der Waals surface area contributed by atoms with E-state index >= 15 is 0 Å². The molecule has 0 bridgehead atoms. The molecule has 0 radical (unpaired) electrons. The van der Waals surface area contributed by atoms with Gasteiger partial charge in [-0.2, -0.15) is 4.98 Å². The van der Waals surface area contributed by atoms with Gasteiger partial charge < -0.3 is 9.63 Å². The van der Waals surface area contributed by atoms with Crippen molar-refractivity contribution in [2.75, 3.05) is 0 Å². The second-order valence-corrected chi connectivity index (χ2v) is 5.05. The first kappa shape index (κ1) is 13.2. The van der Waals surface area contributed by atoms with Crippen LogP contribution in [0.2, 0.25) is 0 Å². The van der Waals surface area contributed by atoms with E-state index in [1.54, 1.807) is 6.92 Å². The van der Waals surface area contributed by atoms with E-state index < -0.39 is 6.10 Å². The summed E-state index contributed by atoms with van der Waals surface area (Å²) in [5, 5.41) is 13.6. The van der Waals surface area contributed by atoms with Crippen LogP contribution in [0.15, 0.2) is 33.3 Å². The Morgan fingerprint density at radius 3 is 2.72 bits per heavy atom. The van der Waals surface area contributed by atoms with Crippen LogP contribution in [-0.4, -0.2) is 21.4 Å². The Morgan fingerprint density at radius 1 is 1.39 bits per heavy atom. The molecule has 0 spiro atoms. The first-order chi connectivity index (χ1) is 8.63. The standard InChI is InChI=1S/C13H15BrN2O2/c1-3-9(8(2)17)13-15-12(16-18-13)10-6-4-5-7-11(10)14/h4-9,17H,3H2,1-2H3. The van der Waals surface area contributed by atoms with Crippen molar-refractivity contribution < 1.29 is 9.63 Å². The molecular weight excluding hydrogens is 296 g/mol. The van der Waals surface area contributed by atoms with Crippen LogP contribution in [-0.2, 0) is 0 Å². The summed E-state index contributed by atoms with van der Waals surface area (Å²) in [5.41, 5.74) is 0.882. The molecule has 0 fully saturated rings. The summed E-state index contributed by atoms with van der Waals surface area (Å²) >= 11 is 3.45. The fraction of sp³-hybridized carbons (Fsp3) is 0.385. The van der Waals surface area contributed by atoms with Crippen molar-refractivity contribution in [1.29, 1.82) is 0 Å². The first-order valence-corrected chi connectivity index (χ1v) is 6.69. The molecule has 0 aliphatic rings. The lowest BCUT2D eigenvalue weighted by Crippen LogP contribution is -2.13. The van der Waals surface area contributed by atoms with Crippen molar-refractivity contribution in [1.82, 2.24) is 10.1 Å². The van der Waals surface area contributed by atoms with E-state index in [0.29, 0.717) is 11.7 Å². The van der Waals surface area contributed by atoms with Crippen molar-refractivity contribution in [3.63, 3.8) is 0 Å². The molecule has 2 unspecified atom stereocenters. The zero-order valence-corrected chi connectivity index (χ0v) is 11.9. The largest absolute Gasteiger partial charge is 0.393 e. The Balaban J connectivity index is 2.34. The van der Waals surface area contributed by atoms with Crippen LogP contribution in [0.25, 0.3) is 11.4 Å². The summed E-state index contributed by atoms with van der Waals surface area (Å²) in [4.78, 5) is 4.37. The van der Waals surface area contributed by atoms with Gasteiger partial charge in [0.15, 0.2) is 0 Å². The Bertz CT molecular complexity index is 525. The van der Waals surface area contributed by atoms with E-state index in [1.165, 1.54) is 0 Å². The Kier molecular flexibility index (Phi) is 4.14. The minimum absolute atomic E-state index is 0.117. The molecule has 0 amide bonds. The van der Waals surface area contributed by atoms with Crippen LogP contribution in [0, 0.1) is 0 Å². The second-order valence-electron chi connectivity index (χ2n) is 4.19. The van der Waals surface area contributed by atoms with Gasteiger partial charge in [-0.25, -0.2) is 0 Å². The first-order valence-electron chi connectivity index (χ1n) is 5.90. The summed E-state index contributed by atoms with van der Waals surface area (Å²) < 4.78 is 6.17. The van der Waals surface area contributed by atoms with Gasteiger partial charge in [-0.3, -0.25) is 0 Å². The minimum Gasteiger partial charge on any atom is -0.393 e. The summed E-state index contributed by atoms with van der Waals surface area (Å²) in [7, 11) is 0. The van der Waals surface area contributed by atoms with Gasteiger partial charge in [-0.1, -0.05) is 40.1 Å². The fourth-order valence-corrected chi connectivity index (χ4v) is 2.32. The van der Waals surface area contributed by atoms with Crippen LogP contribution in [0.5, 0.6) is 0 Å². The summed E-state index contributed by atoms with van der Waals surface area (Å²) in [5.74, 6) is 0.906. The normalized spacial score (nSPS) is 14.4. The van der Waals surface area contributed by atoms with E-state index in [-0.39, 0.29) is 5.92 Å². The topological polar surface area (TPSA) is 59.2 Å². The highest BCUT2D eigenvalue weighted by Gasteiger charge is 2.22. The minimum atomic E-state index is -0.498. The predicted molar refractivity (Wildman–Crippen MR) is 72.1 cm³/mol. The van der Waals surface area contributed by atoms with Gasteiger partial charge in [0, 0.05) is 10.0 Å². The molecule has 2 aromatic rings. The van der Waals surface area contributed by atoms with Crippen LogP contribution >= 0.6 is 15.9 Å². The summed E-state index contributed by atoms with van der Waals surface area (Å²) in [6.07, 6.45) is 0.262. The van der Waals surface area contributed by atoms with E-state index in [2.05, 4.69) is 26.1 Å². The SMILES string of the molecule is CCC(c1nc(-c2ccccc2Br)no1)C(C)O. The number of hydrogen-bond acceptors (Lipinski definition) is 4. The highest BCUT2D eigenvalue weighted by Crippen LogP contribution is 2.28. The average molecular weight is 311 g/mol. The van der Waals surface area contributed by atoms with Gasteiger partial charge in [-0.05, 0) is 25.5 Å². The third kappa shape index (κ3) is 2.62. The Labute approximate surface area is 114 Å². The molecule has 1 aromatic heterocycles. The molecule has 2 atom stereocenters. The Morgan fingerprint density at radius 2 is 2.11 bits per heavy atom. The number of nitrogens with zero attached hydrogens (tertiary/aromatic N) is 2. The third-order valence-corrected chi connectivity index (χ3v) is 3.59. The highest BCUT2D eigenvalue weighted by molar-refractivity contribution is 9.10. The van der Waals surface area contributed by atoms with E-state index in [9.17, 15) is 5.11 Å². The van der Waals surface area contributed by atoms with Crippen LogP contribution in [0.3, 0.4) is 0 Å². The van der Waals surface area contributed by atoms with Gasteiger partial charge in [0.2, 0.25) is 11.7 Å². The lowest BCUT2D eigenvalue weighted by molar-refractivity contribution is 0.141. The lowest BCUT2D eigenvalue weighted by Gasteiger charge is -2.12. The molecule has 18 heavy (non-hydrogen) atoms. The van der Waals surface area contributed by atoms with Gasteiger partial charge >= 0.3 is 0 Å². The third-order valence-electron chi connectivity index (χ3n) is 2.90. The smallest absolute Gasteiger partial charge is 0.232 e. The zero-order valence-electron chi connectivity index (χ0n) is 10.3. The molecular formula is C13H15BrN2O2. The number of aromatic nitrogens is 2. The average Bonchev–Trinajstić information content (AvgIpc) is 2.79.